The van der Waals surface area contributed by atoms with E-state index in [4.69, 9.17) is 10.5 Å². The van der Waals surface area contributed by atoms with Crippen LogP contribution < -0.4 is 5.73 Å². The zero-order valence-electron chi connectivity index (χ0n) is 10.6. The maximum Gasteiger partial charge on any atom is 0.325 e. The van der Waals surface area contributed by atoms with Crippen LogP contribution in [0.5, 0.6) is 0 Å². The lowest BCUT2D eigenvalue weighted by molar-refractivity contribution is -0.147. The van der Waals surface area contributed by atoms with E-state index in [0.29, 0.717) is 5.56 Å². The molecule has 0 amide bonds. The van der Waals surface area contributed by atoms with Crippen molar-refractivity contribution in [3.63, 3.8) is 0 Å². The van der Waals surface area contributed by atoms with E-state index in [2.05, 4.69) is 4.98 Å². The number of para-hydroxylation sites is 1. The second kappa shape index (κ2) is 5.77. The Morgan fingerprint density at radius 1 is 1.42 bits per heavy atom. The number of hydrogen-bond acceptors (Lipinski definition) is 5. The number of fused-ring (bicyclic) bond motifs is 1. The van der Waals surface area contributed by atoms with Gasteiger partial charge in [-0.05, 0) is 24.6 Å². The molecule has 0 spiro atoms. The Balaban J connectivity index is 2.36. The SMILES string of the molecule is CCOC(=O)C(N)C(O)c1ccnc2ccccc12. The molecule has 5 heteroatoms. The minimum atomic E-state index is -1.12. The number of rotatable bonds is 4. The lowest BCUT2D eigenvalue weighted by Gasteiger charge is -2.18. The molecule has 0 aliphatic heterocycles. The fraction of sp³-hybridized carbons (Fsp3) is 0.286. The summed E-state index contributed by atoms with van der Waals surface area (Å²) in [6, 6.07) is 7.92. The predicted molar refractivity (Wildman–Crippen MR) is 71.3 cm³/mol. The van der Waals surface area contributed by atoms with Crippen LogP contribution in [0, 0.1) is 0 Å². The number of carbonyl (C=O) groups excluding carboxylic acids is 1. The van der Waals surface area contributed by atoms with Crippen LogP contribution in [0.25, 0.3) is 10.9 Å². The van der Waals surface area contributed by atoms with E-state index in [1.807, 2.05) is 24.3 Å². The van der Waals surface area contributed by atoms with Gasteiger partial charge in [-0.2, -0.15) is 0 Å². The molecule has 0 aliphatic rings. The molecule has 1 aromatic carbocycles. The van der Waals surface area contributed by atoms with E-state index in [9.17, 15) is 9.90 Å². The monoisotopic (exact) mass is 260 g/mol. The van der Waals surface area contributed by atoms with Gasteiger partial charge in [0.05, 0.1) is 12.1 Å². The summed E-state index contributed by atoms with van der Waals surface area (Å²) in [5, 5.41) is 11.0. The van der Waals surface area contributed by atoms with Gasteiger partial charge >= 0.3 is 5.97 Å². The smallest absolute Gasteiger partial charge is 0.325 e. The van der Waals surface area contributed by atoms with E-state index in [1.54, 1.807) is 19.2 Å². The summed E-state index contributed by atoms with van der Waals surface area (Å²) in [6.45, 7) is 1.93. The number of nitrogens with two attached hydrogens (primary N) is 1. The lowest BCUT2D eigenvalue weighted by Crippen LogP contribution is -2.38. The summed E-state index contributed by atoms with van der Waals surface area (Å²) in [7, 11) is 0. The van der Waals surface area contributed by atoms with Gasteiger partial charge in [-0.1, -0.05) is 18.2 Å². The van der Waals surface area contributed by atoms with Crippen molar-refractivity contribution in [2.24, 2.45) is 5.73 Å². The van der Waals surface area contributed by atoms with Crippen molar-refractivity contribution in [2.75, 3.05) is 6.61 Å². The molecule has 5 nitrogen and oxygen atoms in total. The molecule has 0 saturated heterocycles. The number of hydrogen-bond donors (Lipinski definition) is 2. The first-order valence-corrected chi connectivity index (χ1v) is 6.09. The third-order valence-corrected chi connectivity index (χ3v) is 2.90. The van der Waals surface area contributed by atoms with Crippen molar-refractivity contribution in [3.05, 3.63) is 42.1 Å². The number of ether oxygens (including phenoxy) is 1. The lowest BCUT2D eigenvalue weighted by atomic mass is 9.99. The molecule has 0 aliphatic carbocycles. The molecular formula is C14H16N2O3. The van der Waals surface area contributed by atoms with Gasteiger partial charge in [-0.15, -0.1) is 0 Å². The topological polar surface area (TPSA) is 85.4 Å². The summed E-state index contributed by atoms with van der Waals surface area (Å²) >= 11 is 0. The van der Waals surface area contributed by atoms with E-state index in [1.165, 1.54) is 0 Å². The highest BCUT2D eigenvalue weighted by Crippen LogP contribution is 2.24. The Morgan fingerprint density at radius 3 is 2.89 bits per heavy atom. The number of aromatic nitrogens is 1. The zero-order valence-corrected chi connectivity index (χ0v) is 10.6. The number of aliphatic hydroxyl groups is 1. The standard InChI is InChI=1S/C14H16N2O3/c1-2-19-14(18)12(15)13(17)10-7-8-16-11-6-4-3-5-9(10)11/h3-8,12-13,17H,2,15H2,1H3. The summed E-state index contributed by atoms with van der Waals surface area (Å²) < 4.78 is 4.82. The molecule has 0 saturated carbocycles. The molecular weight excluding hydrogens is 244 g/mol. The first kappa shape index (κ1) is 13.5. The summed E-state index contributed by atoms with van der Waals surface area (Å²) in [6.07, 6.45) is 0.464. The van der Waals surface area contributed by atoms with Crippen molar-refractivity contribution in [3.8, 4) is 0 Å². The summed E-state index contributed by atoms with van der Waals surface area (Å²) in [5.74, 6) is -0.615. The maximum atomic E-state index is 11.6. The van der Waals surface area contributed by atoms with Crippen LogP contribution in [0.1, 0.15) is 18.6 Å². The maximum absolute atomic E-state index is 11.6. The van der Waals surface area contributed by atoms with Crippen LogP contribution in [-0.4, -0.2) is 28.7 Å². The molecule has 3 N–H and O–H groups in total. The Kier molecular flexibility index (Phi) is 4.09. The van der Waals surface area contributed by atoms with Gasteiger partial charge in [-0.25, -0.2) is 0 Å². The Bertz CT molecular complexity index is 580. The van der Waals surface area contributed by atoms with Gasteiger partial charge in [0.1, 0.15) is 12.1 Å². The molecule has 2 rings (SSSR count). The number of esters is 1. The number of aliphatic hydroxyl groups excluding tert-OH is 1. The van der Waals surface area contributed by atoms with Crippen molar-refractivity contribution < 1.29 is 14.6 Å². The molecule has 1 aromatic heterocycles. The summed E-state index contributed by atoms with van der Waals surface area (Å²) in [4.78, 5) is 15.8. The molecule has 1 heterocycles. The Morgan fingerprint density at radius 2 is 2.16 bits per heavy atom. The van der Waals surface area contributed by atoms with Crippen LogP contribution in [0.15, 0.2) is 36.5 Å². The molecule has 0 fully saturated rings. The van der Waals surface area contributed by atoms with E-state index in [0.717, 1.165) is 10.9 Å². The predicted octanol–water partition coefficient (Wildman–Crippen LogP) is 1.16. The van der Waals surface area contributed by atoms with Crippen LogP contribution in [-0.2, 0) is 9.53 Å². The van der Waals surface area contributed by atoms with Crippen molar-refractivity contribution >= 4 is 16.9 Å². The third kappa shape index (κ3) is 2.72. The molecule has 2 aromatic rings. The molecule has 0 bridgehead atoms. The summed E-state index contributed by atoms with van der Waals surface area (Å²) in [5.41, 5.74) is 7.05. The molecule has 0 radical (unpaired) electrons. The first-order valence-electron chi connectivity index (χ1n) is 6.09. The van der Waals surface area contributed by atoms with Crippen LogP contribution in [0.3, 0.4) is 0 Å². The fourth-order valence-electron chi connectivity index (χ4n) is 1.94. The minimum Gasteiger partial charge on any atom is -0.465 e. The van der Waals surface area contributed by atoms with E-state index in [-0.39, 0.29) is 6.61 Å². The Labute approximate surface area is 111 Å². The van der Waals surface area contributed by atoms with Gasteiger partial charge in [0, 0.05) is 11.6 Å². The quantitative estimate of drug-likeness (QED) is 0.806. The second-order valence-corrected chi connectivity index (χ2v) is 4.14. The largest absolute Gasteiger partial charge is 0.465 e. The van der Waals surface area contributed by atoms with Gasteiger partial charge in [0.25, 0.3) is 0 Å². The van der Waals surface area contributed by atoms with Crippen LogP contribution >= 0.6 is 0 Å². The van der Waals surface area contributed by atoms with Crippen LogP contribution in [0.4, 0.5) is 0 Å². The first-order chi connectivity index (χ1) is 9.15. The van der Waals surface area contributed by atoms with Crippen LogP contribution in [0.2, 0.25) is 0 Å². The molecule has 100 valence electrons. The average Bonchev–Trinajstić information content (AvgIpc) is 2.45. The van der Waals surface area contributed by atoms with E-state index < -0.39 is 18.1 Å². The third-order valence-electron chi connectivity index (χ3n) is 2.90. The highest BCUT2D eigenvalue weighted by Gasteiger charge is 2.26. The highest BCUT2D eigenvalue weighted by atomic mass is 16.5. The minimum absolute atomic E-state index is 0.232. The zero-order chi connectivity index (χ0) is 13.8. The second-order valence-electron chi connectivity index (χ2n) is 4.14. The van der Waals surface area contributed by atoms with Crippen molar-refractivity contribution in [1.29, 1.82) is 0 Å². The Hall–Kier alpha value is -1.98. The molecule has 19 heavy (non-hydrogen) atoms. The van der Waals surface area contributed by atoms with Gasteiger partial charge in [-0.3, -0.25) is 9.78 Å². The number of nitrogens with zero attached hydrogens (tertiary/aromatic N) is 1. The van der Waals surface area contributed by atoms with Crippen molar-refractivity contribution in [2.45, 2.75) is 19.1 Å². The normalized spacial score (nSPS) is 14.1. The fourth-order valence-corrected chi connectivity index (χ4v) is 1.94. The average molecular weight is 260 g/mol. The van der Waals surface area contributed by atoms with E-state index >= 15 is 0 Å². The highest BCUT2D eigenvalue weighted by molar-refractivity contribution is 5.84. The van der Waals surface area contributed by atoms with Gasteiger partial charge in [0.2, 0.25) is 0 Å². The van der Waals surface area contributed by atoms with Crippen molar-refractivity contribution in [1.82, 2.24) is 4.98 Å². The number of benzene rings is 1. The van der Waals surface area contributed by atoms with Gasteiger partial charge in [0.15, 0.2) is 0 Å². The number of carbonyl (C=O) groups is 1. The molecule has 2 unspecified atom stereocenters. The number of pyridine rings is 1. The molecule has 2 atom stereocenters. The van der Waals surface area contributed by atoms with Gasteiger partial charge < -0.3 is 15.6 Å².